The molecule has 1 heterocycles. The van der Waals surface area contributed by atoms with Gasteiger partial charge in [0.1, 0.15) is 17.2 Å². The standard InChI is InChI=1S/C18H24FN3O2/c1-18(2,3)24-17(23)15-11-22(6)16(20-15)12-7-8-13(10-21(4)5)14(19)9-12/h7-9,11H,10H2,1-6H3. The first-order valence-electron chi connectivity index (χ1n) is 7.77. The molecule has 5 nitrogen and oxygen atoms in total. The van der Waals surface area contributed by atoms with Crippen LogP contribution in [0.3, 0.4) is 0 Å². The summed E-state index contributed by atoms with van der Waals surface area (Å²) >= 11 is 0. The number of esters is 1. The molecule has 0 fully saturated rings. The number of carbonyl (C=O) groups is 1. The monoisotopic (exact) mass is 333 g/mol. The number of nitrogens with zero attached hydrogens (tertiary/aromatic N) is 3. The van der Waals surface area contributed by atoms with Crippen LogP contribution in [0, 0.1) is 5.82 Å². The van der Waals surface area contributed by atoms with Crippen LogP contribution in [-0.4, -0.2) is 40.1 Å². The highest BCUT2D eigenvalue weighted by Crippen LogP contribution is 2.22. The Morgan fingerprint density at radius 3 is 2.54 bits per heavy atom. The summed E-state index contributed by atoms with van der Waals surface area (Å²) in [6.45, 7) is 5.92. The van der Waals surface area contributed by atoms with Crippen molar-refractivity contribution in [1.29, 1.82) is 0 Å². The Morgan fingerprint density at radius 1 is 1.33 bits per heavy atom. The van der Waals surface area contributed by atoms with Gasteiger partial charge < -0.3 is 14.2 Å². The predicted octanol–water partition coefficient (Wildman–Crippen LogP) is 3.24. The Kier molecular flexibility index (Phi) is 5.08. The van der Waals surface area contributed by atoms with Crippen LogP contribution in [0.1, 0.15) is 36.8 Å². The first-order valence-corrected chi connectivity index (χ1v) is 7.77. The van der Waals surface area contributed by atoms with Crippen LogP contribution < -0.4 is 0 Å². The summed E-state index contributed by atoms with van der Waals surface area (Å²) in [7, 11) is 5.54. The summed E-state index contributed by atoms with van der Waals surface area (Å²) < 4.78 is 21.3. The molecule has 130 valence electrons. The molecule has 0 N–H and O–H groups in total. The Hall–Kier alpha value is -2.21. The van der Waals surface area contributed by atoms with Crippen LogP contribution >= 0.6 is 0 Å². The zero-order valence-electron chi connectivity index (χ0n) is 15.1. The molecule has 24 heavy (non-hydrogen) atoms. The highest BCUT2D eigenvalue weighted by Gasteiger charge is 2.21. The molecule has 2 aromatic rings. The number of ether oxygens (including phenoxy) is 1. The van der Waals surface area contributed by atoms with Gasteiger partial charge in [0, 0.05) is 30.9 Å². The minimum absolute atomic E-state index is 0.209. The van der Waals surface area contributed by atoms with Crippen LogP contribution in [0.2, 0.25) is 0 Å². The molecule has 0 radical (unpaired) electrons. The molecule has 1 aromatic heterocycles. The van der Waals surface area contributed by atoms with E-state index in [1.807, 2.05) is 25.1 Å². The van der Waals surface area contributed by atoms with Crippen LogP contribution in [0.25, 0.3) is 11.4 Å². The molecule has 0 saturated carbocycles. The van der Waals surface area contributed by atoms with Crippen molar-refractivity contribution < 1.29 is 13.9 Å². The third-order valence-electron chi connectivity index (χ3n) is 3.28. The highest BCUT2D eigenvalue weighted by molar-refractivity contribution is 5.88. The Labute approximate surface area is 142 Å². The van der Waals surface area contributed by atoms with Gasteiger partial charge in [0.05, 0.1) is 0 Å². The van der Waals surface area contributed by atoms with Crippen LogP contribution in [0.15, 0.2) is 24.4 Å². The lowest BCUT2D eigenvalue weighted by atomic mass is 10.1. The van der Waals surface area contributed by atoms with Gasteiger partial charge in [-0.1, -0.05) is 12.1 Å². The van der Waals surface area contributed by atoms with Crippen molar-refractivity contribution in [2.24, 2.45) is 7.05 Å². The summed E-state index contributed by atoms with van der Waals surface area (Å²) in [5.74, 6) is -0.261. The summed E-state index contributed by atoms with van der Waals surface area (Å²) in [6.07, 6.45) is 1.59. The van der Waals surface area contributed by atoms with Crippen molar-refractivity contribution in [2.75, 3.05) is 14.1 Å². The quantitative estimate of drug-likeness (QED) is 0.806. The largest absolute Gasteiger partial charge is 0.455 e. The molecule has 1 aromatic carbocycles. The van der Waals surface area contributed by atoms with Crippen molar-refractivity contribution in [2.45, 2.75) is 32.9 Å². The van der Waals surface area contributed by atoms with E-state index >= 15 is 0 Å². The Morgan fingerprint density at radius 2 is 2.00 bits per heavy atom. The minimum Gasteiger partial charge on any atom is -0.455 e. The molecule has 0 saturated heterocycles. The van der Waals surface area contributed by atoms with Gasteiger partial charge in [-0.15, -0.1) is 0 Å². The van der Waals surface area contributed by atoms with E-state index in [0.29, 0.717) is 23.5 Å². The maximum Gasteiger partial charge on any atom is 0.359 e. The molecule has 0 amide bonds. The fraction of sp³-hybridized carbons (Fsp3) is 0.444. The van der Waals surface area contributed by atoms with Crippen molar-refractivity contribution in [1.82, 2.24) is 14.5 Å². The van der Waals surface area contributed by atoms with Crippen LogP contribution in [-0.2, 0) is 18.3 Å². The molecule has 0 aliphatic heterocycles. The predicted molar refractivity (Wildman–Crippen MR) is 91.2 cm³/mol. The summed E-state index contributed by atoms with van der Waals surface area (Å²) in [5, 5.41) is 0. The number of aryl methyl sites for hydroxylation is 1. The lowest BCUT2D eigenvalue weighted by Crippen LogP contribution is -2.24. The highest BCUT2D eigenvalue weighted by atomic mass is 19.1. The molecule has 0 aliphatic carbocycles. The molecule has 0 spiro atoms. The smallest absolute Gasteiger partial charge is 0.359 e. The number of imidazole rings is 1. The number of hydrogen-bond acceptors (Lipinski definition) is 4. The number of carbonyl (C=O) groups excluding carboxylic acids is 1. The van der Waals surface area contributed by atoms with Gasteiger partial charge in [-0.2, -0.15) is 0 Å². The third kappa shape index (κ3) is 4.41. The molecular weight excluding hydrogens is 309 g/mol. The second-order valence-corrected chi connectivity index (χ2v) is 7.11. The lowest BCUT2D eigenvalue weighted by molar-refractivity contribution is 0.00633. The second-order valence-electron chi connectivity index (χ2n) is 7.11. The average Bonchev–Trinajstić information content (AvgIpc) is 2.81. The normalized spacial score (nSPS) is 11.8. The molecule has 0 atom stereocenters. The molecule has 0 bridgehead atoms. The zero-order chi connectivity index (χ0) is 18.1. The topological polar surface area (TPSA) is 47.4 Å². The molecule has 6 heteroatoms. The van der Waals surface area contributed by atoms with Crippen molar-refractivity contribution in [3.63, 3.8) is 0 Å². The number of benzene rings is 1. The zero-order valence-corrected chi connectivity index (χ0v) is 15.1. The van der Waals surface area contributed by atoms with Gasteiger partial charge in [0.25, 0.3) is 0 Å². The summed E-state index contributed by atoms with van der Waals surface area (Å²) in [4.78, 5) is 18.3. The molecular formula is C18H24FN3O2. The van der Waals surface area contributed by atoms with Gasteiger partial charge in [0.2, 0.25) is 0 Å². The Bertz CT molecular complexity index is 745. The number of aromatic nitrogens is 2. The van der Waals surface area contributed by atoms with Crippen molar-refractivity contribution >= 4 is 5.97 Å². The lowest BCUT2D eigenvalue weighted by Gasteiger charge is -2.18. The second kappa shape index (κ2) is 6.73. The van der Waals surface area contributed by atoms with Gasteiger partial charge in [0.15, 0.2) is 5.69 Å². The number of hydrogen-bond donors (Lipinski definition) is 0. The number of halogens is 1. The van der Waals surface area contributed by atoms with E-state index in [9.17, 15) is 9.18 Å². The number of rotatable bonds is 4. The van der Waals surface area contributed by atoms with Gasteiger partial charge in [-0.3, -0.25) is 0 Å². The van der Waals surface area contributed by atoms with E-state index in [1.165, 1.54) is 6.07 Å². The SMILES string of the molecule is CN(C)Cc1ccc(-c2nc(C(=O)OC(C)(C)C)cn2C)cc1F. The maximum absolute atomic E-state index is 14.3. The molecule has 0 unspecified atom stereocenters. The van der Waals surface area contributed by atoms with Crippen molar-refractivity contribution in [3.05, 3.63) is 41.5 Å². The summed E-state index contributed by atoms with van der Waals surface area (Å²) in [6, 6.07) is 5.00. The van der Waals surface area contributed by atoms with E-state index in [-0.39, 0.29) is 11.5 Å². The first-order chi connectivity index (χ1) is 11.1. The fourth-order valence-corrected chi connectivity index (χ4v) is 2.32. The first kappa shape index (κ1) is 18.1. The van der Waals surface area contributed by atoms with Crippen molar-refractivity contribution in [3.8, 4) is 11.4 Å². The minimum atomic E-state index is -0.589. The van der Waals surface area contributed by atoms with Gasteiger partial charge in [-0.05, 0) is 40.9 Å². The van der Waals surface area contributed by atoms with E-state index in [0.717, 1.165) is 0 Å². The van der Waals surface area contributed by atoms with E-state index in [4.69, 9.17) is 4.74 Å². The molecule has 0 aliphatic rings. The fourth-order valence-electron chi connectivity index (χ4n) is 2.32. The Balaban J connectivity index is 2.30. The van der Waals surface area contributed by atoms with E-state index in [2.05, 4.69) is 4.98 Å². The summed E-state index contributed by atoms with van der Waals surface area (Å²) in [5.41, 5.74) is 0.854. The van der Waals surface area contributed by atoms with Crippen LogP contribution in [0.5, 0.6) is 0 Å². The van der Waals surface area contributed by atoms with Gasteiger partial charge in [-0.25, -0.2) is 14.2 Å². The van der Waals surface area contributed by atoms with E-state index < -0.39 is 11.6 Å². The van der Waals surface area contributed by atoms with E-state index in [1.54, 1.807) is 44.6 Å². The third-order valence-corrected chi connectivity index (χ3v) is 3.28. The maximum atomic E-state index is 14.3. The van der Waals surface area contributed by atoms with Crippen LogP contribution in [0.4, 0.5) is 4.39 Å². The van der Waals surface area contributed by atoms with Gasteiger partial charge >= 0.3 is 5.97 Å². The molecule has 2 rings (SSSR count). The average molecular weight is 333 g/mol.